The van der Waals surface area contributed by atoms with E-state index in [2.05, 4.69) is 135 Å². The highest BCUT2D eigenvalue weighted by molar-refractivity contribution is 5.45. The number of allylic oxidation sites excluding steroid dienone is 15. The number of aliphatic hydroxyl groups excluding tert-OH is 2. The van der Waals surface area contributed by atoms with Crippen LogP contribution in [0.1, 0.15) is 94.9 Å². The second kappa shape index (κ2) is 16.0. The Morgan fingerprint density at radius 1 is 0.762 bits per heavy atom. The standard InChI is InChI=1S/C40H54O2/c1-29(17-13-19-31(3)21-23-37-33(5)25-35(41)27-39(37,7)8)15-11-12-16-30(2)18-14-20-32(4)22-24-38-34(6)26-36(42)28-40(38,9)10/h11-20,33,35-37,41-42H,25-28H2,1-10H3/b12-11+,17-13+,18-14+,29-15+,30-16+,31-19+,32-20+/t33-,35+,36+,37-/m0/s1. The maximum absolute atomic E-state index is 10.1. The predicted octanol–water partition coefficient (Wildman–Crippen LogP) is 9.38. The Hall–Kier alpha value is -3.04. The lowest BCUT2D eigenvalue weighted by atomic mass is 9.63. The number of aliphatic hydroxyl groups is 2. The second-order valence-electron chi connectivity index (χ2n) is 13.8. The zero-order valence-electron chi connectivity index (χ0n) is 27.8. The van der Waals surface area contributed by atoms with Gasteiger partial charge in [-0.05, 0) is 82.8 Å². The summed E-state index contributed by atoms with van der Waals surface area (Å²) in [4.78, 5) is 0. The molecule has 0 aromatic heterocycles. The normalized spacial score (nSPS) is 27.3. The van der Waals surface area contributed by atoms with Gasteiger partial charge in [0.1, 0.15) is 0 Å². The molecule has 1 fully saturated rings. The summed E-state index contributed by atoms with van der Waals surface area (Å²) < 4.78 is 0. The van der Waals surface area contributed by atoms with Gasteiger partial charge in [-0.3, -0.25) is 0 Å². The summed E-state index contributed by atoms with van der Waals surface area (Å²) >= 11 is 0. The van der Waals surface area contributed by atoms with E-state index >= 15 is 0 Å². The first kappa shape index (κ1) is 35.2. The Balaban J connectivity index is 1.91. The summed E-state index contributed by atoms with van der Waals surface area (Å²) in [5.74, 6) is 14.2. The van der Waals surface area contributed by atoms with Crippen molar-refractivity contribution in [1.82, 2.24) is 0 Å². The minimum Gasteiger partial charge on any atom is -0.393 e. The molecule has 0 aliphatic heterocycles. The smallest absolute Gasteiger partial charge is 0.0586 e. The third-order valence-electron chi connectivity index (χ3n) is 8.26. The average Bonchev–Trinajstić information content (AvgIpc) is 2.84. The first-order valence-electron chi connectivity index (χ1n) is 15.4. The molecule has 0 amide bonds. The molecule has 0 heterocycles. The first-order valence-corrected chi connectivity index (χ1v) is 15.4. The number of hydrogen-bond donors (Lipinski definition) is 2. The molecule has 0 spiro atoms. The van der Waals surface area contributed by atoms with Crippen LogP contribution in [0.2, 0.25) is 0 Å². The van der Waals surface area contributed by atoms with Crippen LogP contribution in [-0.2, 0) is 0 Å². The van der Waals surface area contributed by atoms with E-state index < -0.39 is 0 Å². The van der Waals surface area contributed by atoms with Crippen LogP contribution in [0, 0.1) is 46.3 Å². The van der Waals surface area contributed by atoms with Crippen molar-refractivity contribution in [3.8, 4) is 23.7 Å². The fraction of sp³-hybridized carbons (Fsp3) is 0.500. The molecular formula is C40H54O2. The van der Waals surface area contributed by atoms with Crippen LogP contribution < -0.4 is 0 Å². The molecule has 42 heavy (non-hydrogen) atoms. The Morgan fingerprint density at radius 2 is 1.31 bits per heavy atom. The van der Waals surface area contributed by atoms with Crippen molar-refractivity contribution >= 4 is 0 Å². The SMILES string of the molecule is CC1=C(C#C/C(C)=C/C=C/C(C)=C/C=C/C=C(C)/C=C/C=C(\C)C#C[C@H]2[C@@H](C)C[C@@H](O)CC2(C)C)C(C)(C)C[C@H](O)C1. The van der Waals surface area contributed by atoms with E-state index in [1.165, 1.54) is 16.7 Å². The minimum atomic E-state index is -0.261. The third kappa shape index (κ3) is 11.7. The Morgan fingerprint density at radius 3 is 1.83 bits per heavy atom. The molecule has 2 nitrogen and oxygen atoms in total. The highest BCUT2D eigenvalue weighted by atomic mass is 16.3. The monoisotopic (exact) mass is 566 g/mol. The van der Waals surface area contributed by atoms with Crippen LogP contribution in [0.4, 0.5) is 0 Å². The molecule has 1 saturated carbocycles. The van der Waals surface area contributed by atoms with Crippen LogP contribution in [0.3, 0.4) is 0 Å². The number of rotatable bonds is 6. The summed E-state index contributed by atoms with van der Waals surface area (Å²) in [5, 5.41) is 20.2. The van der Waals surface area contributed by atoms with Gasteiger partial charge in [0, 0.05) is 16.9 Å². The maximum atomic E-state index is 10.1. The quantitative estimate of drug-likeness (QED) is 0.248. The average molecular weight is 567 g/mol. The van der Waals surface area contributed by atoms with Crippen LogP contribution in [0.5, 0.6) is 0 Å². The lowest BCUT2D eigenvalue weighted by Crippen LogP contribution is -2.39. The van der Waals surface area contributed by atoms with Gasteiger partial charge in [-0.2, -0.15) is 0 Å². The molecule has 2 N–H and O–H groups in total. The van der Waals surface area contributed by atoms with Gasteiger partial charge < -0.3 is 10.2 Å². The fourth-order valence-electron chi connectivity index (χ4n) is 6.21. The molecule has 0 radical (unpaired) electrons. The minimum absolute atomic E-state index is 0.0364. The topological polar surface area (TPSA) is 40.5 Å². The van der Waals surface area contributed by atoms with Gasteiger partial charge in [0.25, 0.3) is 0 Å². The Bertz CT molecular complexity index is 1320. The Kier molecular flexibility index (Phi) is 13.4. The van der Waals surface area contributed by atoms with E-state index in [0.717, 1.165) is 42.4 Å². The molecule has 0 bridgehead atoms. The van der Waals surface area contributed by atoms with Gasteiger partial charge in [-0.1, -0.05) is 136 Å². The van der Waals surface area contributed by atoms with Crippen molar-refractivity contribution in [3.05, 3.63) is 94.2 Å². The molecule has 226 valence electrons. The third-order valence-corrected chi connectivity index (χ3v) is 8.26. The molecule has 2 aliphatic carbocycles. The van der Waals surface area contributed by atoms with E-state index in [1.54, 1.807) is 0 Å². The van der Waals surface area contributed by atoms with Gasteiger partial charge in [0.2, 0.25) is 0 Å². The van der Waals surface area contributed by atoms with Crippen LogP contribution in [0.25, 0.3) is 0 Å². The highest BCUT2D eigenvalue weighted by Gasteiger charge is 2.39. The highest BCUT2D eigenvalue weighted by Crippen LogP contribution is 2.43. The van der Waals surface area contributed by atoms with E-state index in [0.29, 0.717) is 11.8 Å². The van der Waals surface area contributed by atoms with Gasteiger partial charge in [-0.15, -0.1) is 0 Å². The van der Waals surface area contributed by atoms with Crippen LogP contribution >= 0.6 is 0 Å². The van der Waals surface area contributed by atoms with Gasteiger partial charge in [-0.25, -0.2) is 0 Å². The summed E-state index contributed by atoms with van der Waals surface area (Å²) in [6.07, 6.45) is 23.4. The first-order chi connectivity index (χ1) is 19.6. The van der Waals surface area contributed by atoms with E-state index in [1.807, 2.05) is 19.1 Å². The van der Waals surface area contributed by atoms with Gasteiger partial charge >= 0.3 is 0 Å². The van der Waals surface area contributed by atoms with Crippen molar-refractivity contribution in [2.45, 2.75) is 107 Å². The maximum Gasteiger partial charge on any atom is 0.0586 e. The van der Waals surface area contributed by atoms with Crippen molar-refractivity contribution in [1.29, 1.82) is 0 Å². The van der Waals surface area contributed by atoms with Crippen LogP contribution in [0.15, 0.2) is 94.2 Å². The number of hydrogen-bond acceptors (Lipinski definition) is 2. The lowest BCUT2D eigenvalue weighted by Gasteiger charge is -2.42. The van der Waals surface area contributed by atoms with E-state index in [4.69, 9.17) is 0 Å². The summed E-state index contributed by atoms with van der Waals surface area (Å²) in [6.45, 7) is 21.3. The second-order valence-corrected chi connectivity index (χ2v) is 13.8. The van der Waals surface area contributed by atoms with E-state index in [9.17, 15) is 10.2 Å². The van der Waals surface area contributed by atoms with Crippen molar-refractivity contribution in [2.24, 2.45) is 22.7 Å². The molecule has 0 unspecified atom stereocenters. The summed E-state index contributed by atoms with van der Waals surface area (Å²) in [5.41, 5.74) is 6.72. The fourth-order valence-corrected chi connectivity index (χ4v) is 6.21. The molecule has 4 atom stereocenters. The lowest BCUT2D eigenvalue weighted by molar-refractivity contribution is 0.0113. The molecule has 2 aliphatic rings. The molecule has 0 aromatic rings. The zero-order chi connectivity index (χ0) is 31.5. The zero-order valence-corrected chi connectivity index (χ0v) is 27.8. The molecule has 2 rings (SSSR count). The molecule has 0 aromatic carbocycles. The van der Waals surface area contributed by atoms with Crippen molar-refractivity contribution < 1.29 is 10.2 Å². The predicted molar refractivity (Wildman–Crippen MR) is 181 cm³/mol. The van der Waals surface area contributed by atoms with E-state index in [-0.39, 0.29) is 23.0 Å². The Labute approximate surface area is 257 Å². The summed E-state index contributed by atoms with van der Waals surface area (Å²) in [6, 6.07) is 0. The largest absolute Gasteiger partial charge is 0.393 e. The van der Waals surface area contributed by atoms with Crippen molar-refractivity contribution in [2.75, 3.05) is 0 Å². The summed E-state index contributed by atoms with van der Waals surface area (Å²) in [7, 11) is 0. The molecule has 0 saturated heterocycles. The van der Waals surface area contributed by atoms with Crippen LogP contribution in [-0.4, -0.2) is 22.4 Å². The molecule has 2 heteroatoms. The van der Waals surface area contributed by atoms with Crippen molar-refractivity contribution in [3.63, 3.8) is 0 Å². The molecular weight excluding hydrogens is 512 g/mol. The van der Waals surface area contributed by atoms with Gasteiger partial charge in [0.05, 0.1) is 12.2 Å². The van der Waals surface area contributed by atoms with Gasteiger partial charge in [0.15, 0.2) is 0 Å².